The number of carboxylic acids is 1. The van der Waals surface area contributed by atoms with Crippen LogP contribution in [0.2, 0.25) is 5.02 Å². The van der Waals surface area contributed by atoms with Gasteiger partial charge in [0.15, 0.2) is 0 Å². The first-order valence-corrected chi connectivity index (χ1v) is 16.5. The van der Waals surface area contributed by atoms with Gasteiger partial charge < -0.3 is 14.4 Å². The van der Waals surface area contributed by atoms with Crippen LogP contribution in [-0.4, -0.2) is 58.6 Å². The van der Waals surface area contributed by atoms with E-state index in [1.807, 2.05) is 42.5 Å². The minimum absolute atomic E-state index is 0.127. The van der Waals surface area contributed by atoms with Crippen molar-refractivity contribution in [2.75, 3.05) is 19.4 Å². The highest BCUT2D eigenvalue weighted by Crippen LogP contribution is 2.44. The Kier molecular flexibility index (Phi) is 8.91. The van der Waals surface area contributed by atoms with E-state index in [0.717, 1.165) is 39.9 Å². The van der Waals surface area contributed by atoms with Gasteiger partial charge in [-0.15, -0.1) is 11.8 Å². The van der Waals surface area contributed by atoms with Crippen molar-refractivity contribution in [1.82, 2.24) is 8.87 Å². The van der Waals surface area contributed by atoms with Crippen LogP contribution >= 0.6 is 23.4 Å². The fourth-order valence-corrected chi connectivity index (χ4v) is 7.57. The average Bonchev–Trinajstić information content (AvgIpc) is 3.42. The fourth-order valence-electron chi connectivity index (χ4n) is 5.09. The van der Waals surface area contributed by atoms with E-state index in [1.54, 1.807) is 25.6 Å². The van der Waals surface area contributed by atoms with E-state index in [9.17, 15) is 18.3 Å². The summed E-state index contributed by atoms with van der Waals surface area (Å²) >= 11 is 7.86. The molecule has 218 valence electrons. The molecule has 10 heteroatoms. The topological polar surface area (TPSA) is 88.8 Å². The lowest BCUT2D eigenvalue weighted by Crippen LogP contribution is -2.38. The maximum atomic E-state index is 12.2. The standard InChI is InChI=1S/C30H39ClN2O5S2/c1-29(2,3)39-27-24-16-23(38-19-22-8-7-15-33(22)40(6,36)37)13-14-25(24)32(18-20-9-11-21(31)12-10-20)26(27)17-30(4,5)28(34)35/h9-14,16,22H,7-8,15,17-19H2,1-6H3,(H,34,35)/t22-/m1/s1. The number of sulfonamides is 1. The lowest BCUT2D eigenvalue weighted by molar-refractivity contribution is -0.146. The first-order chi connectivity index (χ1) is 18.5. The van der Waals surface area contributed by atoms with Gasteiger partial charge in [-0.25, -0.2) is 8.42 Å². The van der Waals surface area contributed by atoms with Gasteiger partial charge in [0.2, 0.25) is 10.0 Å². The van der Waals surface area contributed by atoms with Crippen molar-refractivity contribution >= 4 is 50.3 Å². The number of hydrogen-bond donors (Lipinski definition) is 1. The number of thioether (sulfide) groups is 1. The zero-order valence-electron chi connectivity index (χ0n) is 24.0. The fraction of sp³-hybridized carbons (Fsp3) is 0.500. The summed E-state index contributed by atoms with van der Waals surface area (Å²) in [6.45, 7) is 11.3. The third kappa shape index (κ3) is 7.16. The molecule has 0 amide bonds. The number of carbonyl (C=O) groups is 1. The third-order valence-corrected chi connectivity index (χ3v) is 9.99. The third-order valence-electron chi connectivity index (χ3n) is 7.13. The second-order valence-electron chi connectivity index (χ2n) is 12.2. The van der Waals surface area contributed by atoms with E-state index in [2.05, 4.69) is 25.3 Å². The monoisotopic (exact) mass is 606 g/mol. The molecule has 4 rings (SSSR count). The molecule has 3 aromatic rings. The van der Waals surface area contributed by atoms with Gasteiger partial charge in [0.1, 0.15) is 12.4 Å². The molecule has 1 aliphatic heterocycles. The van der Waals surface area contributed by atoms with Gasteiger partial charge in [0, 0.05) is 50.8 Å². The molecule has 0 unspecified atom stereocenters. The van der Waals surface area contributed by atoms with Crippen molar-refractivity contribution in [3.63, 3.8) is 0 Å². The van der Waals surface area contributed by atoms with Gasteiger partial charge in [-0.05, 0) is 62.6 Å². The number of aliphatic carboxylic acids is 1. The molecule has 40 heavy (non-hydrogen) atoms. The highest BCUT2D eigenvalue weighted by molar-refractivity contribution is 8.00. The van der Waals surface area contributed by atoms with Crippen LogP contribution in [0.15, 0.2) is 47.4 Å². The number of fused-ring (bicyclic) bond motifs is 1. The largest absolute Gasteiger partial charge is 0.492 e. The number of aromatic nitrogens is 1. The summed E-state index contributed by atoms with van der Waals surface area (Å²) in [5.41, 5.74) is 2.04. The van der Waals surface area contributed by atoms with E-state index < -0.39 is 21.4 Å². The van der Waals surface area contributed by atoms with Crippen molar-refractivity contribution in [3.8, 4) is 5.75 Å². The van der Waals surface area contributed by atoms with Gasteiger partial charge in [-0.2, -0.15) is 4.31 Å². The van der Waals surface area contributed by atoms with Crippen LogP contribution in [0.1, 0.15) is 58.7 Å². The molecular weight excluding hydrogens is 568 g/mol. The van der Waals surface area contributed by atoms with Crippen LogP contribution in [0.4, 0.5) is 0 Å². The molecule has 1 atom stereocenters. The lowest BCUT2D eigenvalue weighted by atomic mass is 9.88. The minimum atomic E-state index is -3.29. The van der Waals surface area contributed by atoms with Crippen LogP contribution in [0.25, 0.3) is 10.9 Å². The Hall–Kier alpha value is -2.20. The quantitative estimate of drug-likeness (QED) is 0.259. The molecular formula is C30H39ClN2O5S2. The molecule has 0 saturated carbocycles. The van der Waals surface area contributed by atoms with E-state index in [0.29, 0.717) is 30.3 Å². The van der Waals surface area contributed by atoms with Crippen LogP contribution in [0.3, 0.4) is 0 Å². The molecule has 1 saturated heterocycles. The molecule has 2 heterocycles. The Morgan fingerprint density at radius 1 is 1.12 bits per heavy atom. The Bertz CT molecular complexity index is 1490. The first-order valence-electron chi connectivity index (χ1n) is 13.5. The Balaban J connectivity index is 1.80. The van der Waals surface area contributed by atoms with E-state index in [-0.39, 0.29) is 17.4 Å². The summed E-state index contributed by atoms with van der Waals surface area (Å²) in [6, 6.07) is 13.5. The number of halogens is 1. The van der Waals surface area contributed by atoms with Gasteiger partial charge >= 0.3 is 5.97 Å². The second kappa shape index (κ2) is 11.6. The van der Waals surface area contributed by atoms with Crippen molar-refractivity contribution in [3.05, 3.63) is 58.7 Å². The minimum Gasteiger partial charge on any atom is -0.492 e. The Labute approximate surface area is 246 Å². The molecule has 0 spiro atoms. The summed E-state index contributed by atoms with van der Waals surface area (Å²) in [4.78, 5) is 13.2. The van der Waals surface area contributed by atoms with Crippen LogP contribution in [-0.2, 0) is 27.8 Å². The second-order valence-corrected chi connectivity index (χ2v) is 16.4. The Morgan fingerprint density at radius 3 is 2.40 bits per heavy atom. The normalized spacial score (nSPS) is 17.0. The number of benzene rings is 2. The average molecular weight is 607 g/mol. The highest BCUT2D eigenvalue weighted by atomic mass is 35.5. The number of ether oxygens (including phenoxy) is 1. The molecule has 1 N–H and O–H groups in total. The van der Waals surface area contributed by atoms with Crippen LogP contribution in [0, 0.1) is 5.41 Å². The lowest BCUT2D eigenvalue weighted by Gasteiger charge is -2.24. The van der Waals surface area contributed by atoms with Gasteiger partial charge in [0.05, 0.1) is 17.7 Å². The summed E-state index contributed by atoms with van der Waals surface area (Å²) in [7, 11) is -3.29. The zero-order valence-corrected chi connectivity index (χ0v) is 26.4. The zero-order chi connectivity index (χ0) is 29.5. The maximum absolute atomic E-state index is 12.2. The summed E-state index contributed by atoms with van der Waals surface area (Å²) in [5.74, 6) is -0.185. The number of carboxylic acid groups (broad SMARTS) is 1. The van der Waals surface area contributed by atoms with Crippen molar-refractivity contribution in [1.29, 1.82) is 0 Å². The number of nitrogens with zero attached hydrogens (tertiary/aromatic N) is 2. The van der Waals surface area contributed by atoms with E-state index >= 15 is 0 Å². The van der Waals surface area contributed by atoms with Crippen molar-refractivity contribution in [2.24, 2.45) is 5.41 Å². The van der Waals surface area contributed by atoms with Crippen LogP contribution in [0.5, 0.6) is 5.75 Å². The molecule has 7 nitrogen and oxygen atoms in total. The molecule has 0 radical (unpaired) electrons. The molecule has 1 fully saturated rings. The van der Waals surface area contributed by atoms with Gasteiger partial charge in [0.25, 0.3) is 0 Å². The summed E-state index contributed by atoms with van der Waals surface area (Å²) < 4.78 is 34.2. The summed E-state index contributed by atoms with van der Waals surface area (Å²) in [6.07, 6.45) is 3.19. The number of hydrogen-bond acceptors (Lipinski definition) is 5. The van der Waals surface area contributed by atoms with Gasteiger partial charge in [-0.1, -0.05) is 44.5 Å². The van der Waals surface area contributed by atoms with Crippen LogP contribution < -0.4 is 4.74 Å². The van der Waals surface area contributed by atoms with Crippen molar-refractivity contribution in [2.45, 2.75) is 76.1 Å². The first kappa shape index (κ1) is 30.8. The smallest absolute Gasteiger partial charge is 0.309 e. The van der Waals surface area contributed by atoms with E-state index in [4.69, 9.17) is 16.3 Å². The summed E-state index contributed by atoms with van der Waals surface area (Å²) in [5, 5.41) is 11.7. The molecule has 2 aromatic carbocycles. The molecule has 1 aromatic heterocycles. The van der Waals surface area contributed by atoms with E-state index in [1.165, 1.54) is 10.6 Å². The maximum Gasteiger partial charge on any atom is 0.309 e. The predicted octanol–water partition coefficient (Wildman–Crippen LogP) is 6.69. The van der Waals surface area contributed by atoms with Crippen molar-refractivity contribution < 1.29 is 23.1 Å². The van der Waals surface area contributed by atoms with Gasteiger partial charge in [-0.3, -0.25) is 4.79 Å². The Morgan fingerprint density at radius 2 is 1.80 bits per heavy atom. The molecule has 0 bridgehead atoms. The SMILES string of the molecule is CC(C)(C)Sc1c(CC(C)(C)C(=O)O)n(Cc2ccc(Cl)cc2)c2ccc(OC[C@H]3CCCN3S(C)(=O)=O)cc12. The molecule has 0 aliphatic carbocycles. The number of rotatable bonds is 10. The highest BCUT2D eigenvalue weighted by Gasteiger charge is 2.34. The predicted molar refractivity (Wildman–Crippen MR) is 163 cm³/mol. The molecule has 1 aliphatic rings.